The van der Waals surface area contributed by atoms with E-state index in [2.05, 4.69) is 20.1 Å². The summed E-state index contributed by atoms with van der Waals surface area (Å²) >= 11 is 0. The van der Waals surface area contributed by atoms with Gasteiger partial charge >= 0.3 is 0 Å². The smallest absolute Gasteiger partial charge is 0.205 e. The molecule has 1 aromatic carbocycles. The molecule has 2 unspecified atom stereocenters. The zero-order valence-electron chi connectivity index (χ0n) is 17.7. The lowest BCUT2D eigenvalue weighted by atomic mass is 9.97. The maximum Gasteiger partial charge on any atom is 0.205 e. The molecule has 2 aliphatic rings. The lowest BCUT2D eigenvalue weighted by Gasteiger charge is -2.29. The van der Waals surface area contributed by atoms with Gasteiger partial charge in [0.05, 0.1) is 19.3 Å². The van der Waals surface area contributed by atoms with Crippen molar-refractivity contribution < 1.29 is 27.4 Å². The summed E-state index contributed by atoms with van der Waals surface area (Å²) in [6, 6.07) is 1.41. The van der Waals surface area contributed by atoms with Gasteiger partial charge in [0.15, 0.2) is 23.1 Å². The number of allylic oxidation sites excluding steroid dienone is 3. The van der Waals surface area contributed by atoms with E-state index >= 15 is 0 Å². The fourth-order valence-corrected chi connectivity index (χ4v) is 3.73. The number of hydrogen-bond donors (Lipinski definition) is 0. The van der Waals surface area contributed by atoms with Crippen LogP contribution in [0.3, 0.4) is 0 Å². The Morgan fingerprint density at radius 1 is 1.23 bits per heavy atom. The summed E-state index contributed by atoms with van der Waals surface area (Å²) in [5.41, 5.74) is 0.927. The van der Waals surface area contributed by atoms with Gasteiger partial charge in [-0.05, 0) is 42.9 Å². The standard InChI is InChI=1S/C24H29F3O3/c1-5-7-18-9-8-16(12-28-18)13-29-19-11-17-10-15(4)23(20(25)14(3)6-2)30-24(17)22(27)21(19)26/h11,16,18H,3-10,12-13H2,1-2H3/b23-20-. The molecule has 2 heterocycles. The Morgan fingerprint density at radius 3 is 2.63 bits per heavy atom. The summed E-state index contributed by atoms with van der Waals surface area (Å²) in [6.45, 7) is 12.1. The molecule has 0 bridgehead atoms. The Morgan fingerprint density at radius 2 is 2.00 bits per heavy atom. The highest BCUT2D eigenvalue weighted by Crippen LogP contribution is 2.41. The summed E-state index contributed by atoms with van der Waals surface area (Å²) in [5.74, 6) is -3.59. The summed E-state index contributed by atoms with van der Waals surface area (Å²) in [7, 11) is 0. The molecule has 0 spiro atoms. The van der Waals surface area contributed by atoms with Crippen LogP contribution in [0.5, 0.6) is 11.5 Å². The molecule has 2 atom stereocenters. The van der Waals surface area contributed by atoms with Gasteiger partial charge in [-0.15, -0.1) is 0 Å². The largest absolute Gasteiger partial charge is 0.490 e. The van der Waals surface area contributed by atoms with E-state index in [0.717, 1.165) is 25.7 Å². The number of fused-ring (bicyclic) bond motifs is 1. The quantitative estimate of drug-likeness (QED) is 0.497. The Balaban J connectivity index is 1.73. The van der Waals surface area contributed by atoms with E-state index in [4.69, 9.17) is 14.2 Å². The first kappa shape index (κ1) is 22.5. The SMILES string of the molecule is C=C(CC)/C(F)=C1/Oc2c(cc(OCC3CCC(CCC)OC3)c(F)c2F)CC1=C. The Bertz CT molecular complexity index is 852. The fraction of sp³-hybridized carbons (Fsp3) is 0.500. The Labute approximate surface area is 176 Å². The van der Waals surface area contributed by atoms with E-state index in [1.807, 2.05) is 0 Å². The Kier molecular flexibility index (Phi) is 7.29. The first-order valence-corrected chi connectivity index (χ1v) is 10.5. The van der Waals surface area contributed by atoms with E-state index in [-0.39, 0.29) is 47.9 Å². The minimum absolute atomic E-state index is 0.131. The van der Waals surface area contributed by atoms with Gasteiger partial charge in [-0.3, -0.25) is 0 Å². The monoisotopic (exact) mass is 422 g/mol. The highest BCUT2D eigenvalue weighted by atomic mass is 19.2. The van der Waals surface area contributed by atoms with Crippen LogP contribution in [0, 0.1) is 17.6 Å². The average Bonchev–Trinajstić information content (AvgIpc) is 2.75. The van der Waals surface area contributed by atoms with Gasteiger partial charge in [-0.1, -0.05) is 33.4 Å². The molecular formula is C24H29F3O3. The molecule has 3 nitrogen and oxygen atoms in total. The third-order valence-corrected chi connectivity index (χ3v) is 5.62. The summed E-state index contributed by atoms with van der Waals surface area (Å²) in [4.78, 5) is 0. The molecule has 0 aromatic heterocycles. The van der Waals surface area contributed by atoms with E-state index in [9.17, 15) is 13.2 Å². The van der Waals surface area contributed by atoms with Crippen molar-refractivity contribution >= 4 is 0 Å². The van der Waals surface area contributed by atoms with Crippen molar-refractivity contribution in [3.05, 3.63) is 59.2 Å². The van der Waals surface area contributed by atoms with Crippen molar-refractivity contribution in [2.24, 2.45) is 5.92 Å². The van der Waals surface area contributed by atoms with Gasteiger partial charge in [-0.2, -0.15) is 8.78 Å². The van der Waals surface area contributed by atoms with Gasteiger partial charge in [0.2, 0.25) is 11.6 Å². The van der Waals surface area contributed by atoms with E-state index in [0.29, 0.717) is 24.2 Å². The lowest BCUT2D eigenvalue weighted by molar-refractivity contribution is -0.0310. The van der Waals surface area contributed by atoms with Crippen LogP contribution in [-0.4, -0.2) is 19.3 Å². The molecule has 164 valence electrons. The van der Waals surface area contributed by atoms with Crippen molar-refractivity contribution in [1.82, 2.24) is 0 Å². The van der Waals surface area contributed by atoms with Crippen LogP contribution >= 0.6 is 0 Å². The molecule has 0 radical (unpaired) electrons. The molecule has 1 aromatic rings. The molecule has 30 heavy (non-hydrogen) atoms. The second-order valence-electron chi connectivity index (χ2n) is 7.97. The van der Waals surface area contributed by atoms with Gasteiger partial charge in [0, 0.05) is 17.9 Å². The first-order chi connectivity index (χ1) is 14.3. The topological polar surface area (TPSA) is 27.7 Å². The van der Waals surface area contributed by atoms with Crippen molar-refractivity contribution in [3.63, 3.8) is 0 Å². The molecule has 0 aliphatic carbocycles. The Hall–Kier alpha value is -2.21. The first-order valence-electron chi connectivity index (χ1n) is 10.5. The zero-order valence-corrected chi connectivity index (χ0v) is 17.7. The number of hydrogen-bond acceptors (Lipinski definition) is 3. The lowest BCUT2D eigenvalue weighted by Crippen LogP contribution is -2.29. The third-order valence-electron chi connectivity index (χ3n) is 5.62. The van der Waals surface area contributed by atoms with Crippen LogP contribution in [0.25, 0.3) is 0 Å². The van der Waals surface area contributed by atoms with Gasteiger partial charge in [0.25, 0.3) is 0 Å². The molecule has 0 N–H and O–H groups in total. The zero-order chi connectivity index (χ0) is 21.8. The van der Waals surface area contributed by atoms with Crippen LogP contribution in [0.15, 0.2) is 42.0 Å². The normalized spacial score (nSPS) is 22.9. The van der Waals surface area contributed by atoms with Crippen molar-refractivity contribution in [1.29, 1.82) is 0 Å². The summed E-state index contributed by atoms with van der Waals surface area (Å²) in [6.07, 6.45) is 4.75. The highest BCUT2D eigenvalue weighted by molar-refractivity contribution is 5.52. The predicted molar refractivity (Wildman–Crippen MR) is 110 cm³/mol. The molecular weight excluding hydrogens is 393 g/mol. The molecule has 6 heteroatoms. The van der Waals surface area contributed by atoms with Crippen LogP contribution in [-0.2, 0) is 11.2 Å². The van der Waals surface area contributed by atoms with E-state index in [1.165, 1.54) is 6.07 Å². The van der Waals surface area contributed by atoms with Crippen molar-refractivity contribution in [2.45, 2.75) is 58.5 Å². The molecule has 0 saturated carbocycles. The molecule has 2 aliphatic heterocycles. The molecule has 1 fully saturated rings. The second kappa shape index (κ2) is 9.73. The average molecular weight is 422 g/mol. The third kappa shape index (κ3) is 4.75. The van der Waals surface area contributed by atoms with Crippen LogP contribution < -0.4 is 9.47 Å². The predicted octanol–water partition coefficient (Wildman–Crippen LogP) is 6.58. The summed E-state index contributed by atoms with van der Waals surface area (Å²) < 4.78 is 60.6. The van der Waals surface area contributed by atoms with E-state index < -0.39 is 17.5 Å². The van der Waals surface area contributed by atoms with Gasteiger partial charge < -0.3 is 14.2 Å². The van der Waals surface area contributed by atoms with E-state index in [1.54, 1.807) is 6.92 Å². The second-order valence-corrected chi connectivity index (χ2v) is 7.97. The van der Waals surface area contributed by atoms with Crippen LogP contribution in [0.1, 0.15) is 51.5 Å². The van der Waals surface area contributed by atoms with Crippen LogP contribution in [0.4, 0.5) is 13.2 Å². The maximum atomic E-state index is 14.7. The fourth-order valence-electron chi connectivity index (χ4n) is 3.73. The number of halogens is 3. The van der Waals surface area contributed by atoms with Gasteiger partial charge in [-0.25, -0.2) is 4.39 Å². The number of benzene rings is 1. The molecule has 3 rings (SSSR count). The van der Waals surface area contributed by atoms with Crippen molar-refractivity contribution in [2.75, 3.05) is 13.2 Å². The van der Waals surface area contributed by atoms with Gasteiger partial charge in [0.1, 0.15) is 0 Å². The number of ether oxygens (including phenoxy) is 3. The minimum atomic E-state index is -1.19. The summed E-state index contributed by atoms with van der Waals surface area (Å²) in [5, 5.41) is 0. The maximum absolute atomic E-state index is 14.7. The van der Waals surface area contributed by atoms with Crippen LogP contribution in [0.2, 0.25) is 0 Å². The minimum Gasteiger partial charge on any atom is -0.490 e. The number of rotatable bonds is 7. The molecule has 0 amide bonds. The molecule has 1 saturated heterocycles. The highest BCUT2D eigenvalue weighted by Gasteiger charge is 2.30. The van der Waals surface area contributed by atoms with Crippen molar-refractivity contribution in [3.8, 4) is 11.5 Å².